The number of carbonyl (C=O) groups excluding carboxylic acids is 2. The van der Waals surface area contributed by atoms with Crippen molar-refractivity contribution in [3.05, 3.63) is 22.4 Å². The molecule has 0 fully saturated rings. The Kier molecular flexibility index (Phi) is 6.36. The Balaban J connectivity index is 2.22. The van der Waals surface area contributed by atoms with Gasteiger partial charge in [-0.25, -0.2) is 0 Å². The van der Waals surface area contributed by atoms with Crippen LogP contribution in [0.2, 0.25) is 0 Å². The van der Waals surface area contributed by atoms with Gasteiger partial charge in [0.15, 0.2) is 5.78 Å². The smallest absolute Gasteiger partial charge is 0.220 e. The van der Waals surface area contributed by atoms with Crippen molar-refractivity contribution in [2.45, 2.75) is 38.6 Å². The Morgan fingerprint density at radius 2 is 2.00 bits per heavy atom. The molecule has 0 spiro atoms. The summed E-state index contributed by atoms with van der Waals surface area (Å²) >= 11 is 1.45. The molecule has 0 atom stereocenters. The molecule has 1 aromatic heterocycles. The normalized spacial score (nSPS) is 11.7. The zero-order valence-electron chi connectivity index (χ0n) is 12.7. The second-order valence-electron chi connectivity index (χ2n) is 5.74. The first-order chi connectivity index (χ1) is 9.33. The molecule has 0 radical (unpaired) electrons. The lowest BCUT2D eigenvalue weighted by Gasteiger charge is -2.32. The van der Waals surface area contributed by atoms with E-state index >= 15 is 0 Å². The maximum Gasteiger partial charge on any atom is 0.220 e. The van der Waals surface area contributed by atoms with Crippen LogP contribution in [0.15, 0.2) is 17.5 Å². The van der Waals surface area contributed by atoms with Crippen LogP contribution in [0.25, 0.3) is 0 Å². The number of amides is 1. The highest BCUT2D eigenvalue weighted by Crippen LogP contribution is 2.13. The minimum absolute atomic E-state index is 0.0129. The number of nitrogens with one attached hydrogen (secondary N) is 1. The van der Waals surface area contributed by atoms with Crippen LogP contribution in [-0.2, 0) is 4.79 Å². The summed E-state index contributed by atoms with van der Waals surface area (Å²) in [6.45, 7) is 4.76. The molecule has 20 heavy (non-hydrogen) atoms. The number of carbonyl (C=O) groups is 2. The van der Waals surface area contributed by atoms with Crippen molar-refractivity contribution < 1.29 is 9.59 Å². The largest absolute Gasteiger partial charge is 0.354 e. The second-order valence-corrected chi connectivity index (χ2v) is 6.69. The zero-order valence-corrected chi connectivity index (χ0v) is 13.5. The summed E-state index contributed by atoms with van der Waals surface area (Å²) in [6.07, 6.45) is 1.44. The highest BCUT2D eigenvalue weighted by Gasteiger charge is 2.20. The van der Waals surface area contributed by atoms with Gasteiger partial charge in [-0.2, -0.15) is 0 Å². The number of nitrogens with zero attached hydrogens (tertiary/aromatic N) is 1. The van der Waals surface area contributed by atoms with Gasteiger partial charge in [-0.05, 0) is 45.8 Å². The standard InChI is InChI=1S/C15H24N2O2S/c1-15(2,17(3)4)11-16-14(19)9-5-7-12(18)13-8-6-10-20-13/h6,8,10H,5,7,9,11H2,1-4H3,(H,16,19). The quantitative estimate of drug-likeness (QED) is 0.750. The average Bonchev–Trinajstić information content (AvgIpc) is 2.90. The van der Waals surface area contributed by atoms with Crippen LogP contribution in [0.3, 0.4) is 0 Å². The molecule has 0 saturated heterocycles. The van der Waals surface area contributed by atoms with Gasteiger partial charge in [-0.3, -0.25) is 9.59 Å². The number of Topliss-reactive ketones (excluding diaryl/α,β-unsaturated/α-hetero) is 1. The van der Waals surface area contributed by atoms with Crippen molar-refractivity contribution in [1.29, 1.82) is 0 Å². The van der Waals surface area contributed by atoms with Gasteiger partial charge < -0.3 is 10.2 Å². The summed E-state index contributed by atoms with van der Waals surface area (Å²) in [7, 11) is 3.98. The number of likely N-dealkylation sites (N-methyl/N-ethyl adjacent to an activating group) is 1. The molecular formula is C15H24N2O2S. The summed E-state index contributed by atoms with van der Waals surface area (Å²) in [4.78, 5) is 26.4. The summed E-state index contributed by atoms with van der Waals surface area (Å²) in [5, 5.41) is 4.82. The number of hydrogen-bond acceptors (Lipinski definition) is 4. The Labute approximate surface area is 125 Å². The van der Waals surface area contributed by atoms with Gasteiger partial charge in [-0.15, -0.1) is 11.3 Å². The SMILES string of the molecule is CN(C)C(C)(C)CNC(=O)CCCC(=O)c1cccs1. The molecule has 0 aliphatic heterocycles. The van der Waals surface area contributed by atoms with Crippen molar-refractivity contribution in [3.63, 3.8) is 0 Å². The van der Waals surface area contributed by atoms with Crippen LogP contribution in [0.5, 0.6) is 0 Å². The summed E-state index contributed by atoms with van der Waals surface area (Å²) in [5.41, 5.74) is -0.0670. The summed E-state index contributed by atoms with van der Waals surface area (Å²) in [5.74, 6) is 0.139. The van der Waals surface area contributed by atoms with Crippen LogP contribution in [0, 0.1) is 0 Å². The molecule has 112 valence electrons. The van der Waals surface area contributed by atoms with Gasteiger partial charge in [-0.1, -0.05) is 6.07 Å². The molecule has 1 aromatic rings. The predicted octanol–water partition coefficient (Wildman–Crippen LogP) is 2.56. The predicted molar refractivity (Wildman–Crippen MR) is 83.3 cm³/mol. The van der Waals surface area contributed by atoms with Crippen molar-refractivity contribution in [2.75, 3.05) is 20.6 Å². The number of thiophene rings is 1. The molecule has 1 amide bonds. The van der Waals surface area contributed by atoms with Crippen molar-refractivity contribution in [2.24, 2.45) is 0 Å². The molecule has 0 bridgehead atoms. The summed E-state index contributed by atoms with van der Waals surface area (Å²) < 4.78 is 0. The van der Waals surface area contributed by atoms with Crippen molar-refractivity contribution >= 4 is 23.0 Å². The van der Waals surface area contributed by atoms with E-state index in [-0.39, 0.29) is 17.2 Å². The third-order valence-electron chi connectivity index (χ3n) is 3.53. The van der Waals surface area contributed by atoms with E-state index in [2.05, 4.69) is 24.1 Å². The Bertz CT molecular complexity index is 439. The molecule has 0 saturated carbocycles. The molecule has 0 unspecified atom stereocenters. The van der Waals surface area contributed by atoms with Crippen LogP contribution < -0.4 is 5.32 Å². The van der Waals surface area contributed by atoms with Gasteiger partial charge in [0.25, 0.3) is 0 Å². The minimum Gasteiger partial charge on any atom is -0.354 e. The van der Waals surface area contributed by atoms with E-state index in [1.807, 2.05) is 31.6 Å². The maximum atomic E-state index is 11.8. The van der Waals surface area contributed by atoms with Gasteiger partial charge in [0.2, 0.25) is 5.91 Å². The second kappa shape index (κ2) is 7.55. The lowest BCUT2D eigenvalue weighted by molar-refractivity contribution is -0.121. The van der Waals surface area contributed by atoms with Gasteiger partial charge in [0, 0.05) is 24.9 Å². The zero-order chi connectivity index (χ0) is 15.2. The average molecular weight is 296 g/mol. The van der Waals surface area contributed by atoms with E-state index < -0.39 is 0 Å². The van der Waals surface area contributed by atoms with E-state index in [1.54, 1.807) is 0 Å². The van der Waals surface area contributed by atoms with Crippen LogP contribution in [0.1, 0.15) is 42.8 Å². The molecular weight excluding hydrogens is 272 g/mol. The molecule has 1 heterocycles. The number of rotatable bonds is 8. The van der Waals surface area contributed by atoms with Gasteiger partial charge in [0.05, 0.1) is 4.88 Å². The molecule has 0 aliphatic carbocycles. The summed E-state index contributed by atoms with van der Waals surface area (Å²) in [6, 6.07) is 3.70. The Morgan fingerprint density at radius 1 is 1.30 bits per heavy atom. The first-order valence-electron chi connectivity index (χ1n) is 6.84. The van der Waals surface area contributed by atoms with Crippen molar-refractivity contribution in [3.8, 4) is 0 Å². The third kappa shape index (κ3) is 5.43. The fourth-order valence-electron chi connectivity index (χ4n) is 1.53. The number of ketones is 1. The first kappa shape index (κ1) is 16.9. The molecule has 1 N–H and O–H groups in total. The van der Waals surface area contributed by atoms with E-state index in [1.165, 1.54) is 11.3 Å². The first-order valence-corrected chi connectivity index (χ1v) is 7.72. The topological polar surface area (TPSA) is 49.4 Å². The van der Waals surface area contributed by atoms with Gasteiger partial charge in [0.1, 0.15) is 0 Å². The molecule has 5 heteroatoms. The Morgan fingerprint density at radius 3 is 2.55 bits per heavy atom. The highest BCUT2D eigenvalue weighted by molar-refractivity contribution is 7.12. The van der Waals surface area contributed by atoms with Crippen LogP contribution in [0.4, 0.5) is 0 Å². The van der Waals surface area contributed by atoms with E-state index in [4.69, 9.17) is 0 Å². The van der Waals surface area contributed by atoms with E-state index in [0.717, 1.165) is 4.88 Å². The van der Waals surface area contributed by atoms with E-state index in [0.29, 0.717) is 25.8 Å². The monoisotopic (exact) mass is 296 g/mol. The van der Waals surface area contributed by atoms with Crippen LogP contribution in [-0.4, -0.2) is 42.8 Å². The minimum atomic E-state index is -0.0670. The highest BCUT2D eigenvalue weighted by atomic mass is 32.1. The van der Waals surface area contributed by atoms with Crippen molar-refractivity contribution in [1.82, 2.24) is 10.2 Å². The lowest BCUT2D eigenvalue weighted by Crippen LogP contribution is -2.48. The number of hydrogen-bond donors (Lipinski definition) is 1. The van der Waals surface area contributed by atoms with E-state index in [9.17, 15) is 9.59 Å². The molecule has 0 aliphatic rings. The molecule has 4 nitrogen and oxygen atoms in total. The fraction of sp³-hybridized carbons (Fsp3) is 0.600. The molecule has 0 aromatic carbocycles. The third-order valence-corrected chi connectivity index (χ3v) is 4.44. The lowest BCUT2D eigenvalue weighted by atomic mass is 10.0. The fourth-order valence-corrected chi connectivity index (χ4v) is 2.23. The van der Waals surface area contributed by atoms with Gasteiger partial charge >= 0.3 is 0 Å². The molecule has 1 rings (SSSR count). The Hall–Kier alpha value is -1.20. The van der Waals surface area contributed by atoms with Crippen LogP contribution >= 0.6 is 11.3 Å². The maximum absolute atomic E-state index is 11.8.